The number of carbonyl (C=O) groups is 1. The molecular weight excluding hydrogens is 470 g/mol. The van der Waals surface area contributed by atoms with Gasteiger partial charge in [-0.1, -0.05) is 24.3 Å². The number of hydrogen-bond acceptors (Lipinski definition) is 6. The first-order chi connectivity index (χ1) is 18.0. The number of hydrogen-bond donors (Lipinski definition) is 0. The molecule has 0 saturated carbocycles. The molecule has 0 radical (unpaired) electrons. The number of carbonyl (C=O) groups excluding carboxylic acids is 1. The monoisotopic (exact) mass is 501 g/mol. The molecule has 0 atom stereocenters. The predicted octanol–water partition coefficient (Wildman–Crippen LogP) is 4.89. The summed E-state index contributed by atoms with van der Waals surface area (Å²) in [5.74, 6) is 2.47. The van der Waals surface area contributed by atoms with E-state index in [0.29, 0.717) is 47.4 Å². The largest absolute Gasteiger partial charge is 0.497 e. The summed E-state index contributed by atoms with van der Waals surface area (Å²) in [7, 11) is 8.21. The third-order valence-electron chi connectivity index (χ3n) is 6.14. The van der Waals surface area contributed by atoms with Gasteiger partial charge in [-0.25, -0.2) is 4.68 Å². The number of rotatable bonds is 10. The highest BCUT2D eigenvalue weighted by Gasteiger charge is 2.22. The molecule has 0 fully saturated rings. The summed E-state index contributed by atoms with van der Waals surface area (Å²) in [4.78, 5) is 15.3. The first-order valence-corrected chi connectivity index (χ1v) is 11.8. The van der Waals surface area contributed by atoms with E-state index in [2.05, 4.69) is 0 Å². The third-order valence-corrected chi connectivity index (χ3v) is 6.14. The van der Waals surface area contributed by atoms with Crippen molar-refractivity contribution in [2.24, 2.45) is 0 Å². The Morgan fingerprint density at radius 1 is 0.811 bits per heavy atom. The van der Waals surface area contributed by atoms with Crippen molar-refractivity contribution in [2.45, 2.75) is 6.42 Å². The lowest BCUT2D eigenvalue weighted by molar-refractivity contribution is 0.0787. The molecule has 4 aromatic rings. The van der Waals surface area contributed by atoms with E-state index < -0.39 is 0 Å². The number of likely N-dealkylation sites (N-methyl/N-ethyl adjacent to an activating group) is 1. The fraction of sp³-hybridized carbons (Fsp3) is 0.241. The third kappa shape index (κ3) is 5.53. The Morgan fingerprint density at radius 3 is 2.22 bits per heavy atom. The maximum Gasteiger partial charge on any atom is 0.272 e. The summed E-state index contributed by atoms with van der Waals surface area (Å²) in [5.41, 5.74) is 3.67. The van der Waals surface area contributed by atoms with Crippen LogP contribution < -0.4 is 18.9 Å². The molecule has 0 aliphatic heterocycles. The molecule has 0 unspecified atom stereocenters. The summed E-state index contributed by atoms with van der Waals surface area (Å²) >= 11 is 0. The fourth-order valence-electron chi connectivity index (χ4n) is 4.07. The number of benzene rings is 3. The summed E-state index contributed by atoms with van der Waals surface area (Å²) in [6.45, 7) is 0.509. The Balaban J connectivity index is 1.64. The van der Waals surface area contributed by atoms with Gasteiger partial charge in [0, 0.05) is 25.2 Å². The molecule has 0 bridgehead atoms. The Bertz CT molecular complexity index is 1370. The van der Waals surface area contributed by atoms with E-state index in [-0.39, 0.29) is 5.91 Å². The molecule has 1 heterocycles. The Labute approximate surface area is 217 Å². The van der Waals surface area contributed by atoms with Crippen LogP contribution in [-0.2, 0) is 6.42 Å². The number of nitrogens with zero attached hydrogens (tertiary/aromatic N) is 3. The molecule has 0 N–H and O–H groups in total. The van der Waals surface area contributed by atoms with E-state index >= 15 is 0 Å². The van der Waals surface area contributed by atoms with Crippen LogP contribution in [0.3, 0.4) is 0 Å². The lowest BCUT2D eigenvalue weighted by Gasteiger charge is -2.18. The predicted molar refractivity (Wildman–Crippen MR) is 142 cm³/mol. The first-order valence-electron chi connectivity index (χ1n) is 11.8. The van der Waals surface area contributed by atoms with Gasteiger partial charge in [-0.2, -0.15) is 5.10 Å². The van der Waals surface area contributed by atoms with Crippen molar-refractivity contribution in [1.82, 2.24) is 14.7 Å². The van der Waals surface area contributed by atoms with Crippen LogP contribution in [0.15, 0.2) is 72.8 Å². The van der Waals surface area contributed by atoms with E-state index in [4.69, 9.17) is 24.0 Å². The van der Waals surface area contributed by atoms with Crippen molar-refractivity contribution in [2.75, 3.05) is 42.0 Å². The highest BCUT2D eigenvalue weighted by molar-refractivity contribution is 5.94. The molecule has 192 valence electrons. The van der Waals surface area contributed by atoms with Crippen LogP contribution >= 0.6 is 0 Å². The van der Waals surface area contributed by atoms with Gasteiger partial charge in [0.1, 0.15) is 17.2 Å². The topological polar surface area (TPSA) is 75.0 Å². The van der Waals surface area contributed by atoms with Gasteiger partial charge in [0.2, 0.25) is 0 Å². The van der Waals surface area contributed by atoms with Crippen molar-refractivity contribution >= 4 is 5.91 Å². The van der Waals surface area contributed by atoms with Crippen molar-refractivity contribution in [1.29, 1.82) is 0 Å². The normalized spacial score (nSPS) is 10.6. The minimum Gasteiger partial charge on any atom is -0.497 e. The van der Waals surface area contributed by atoms with Crippen molar-refractivity contribution in [3.8, 4) is 39.9 Å². The van der Waals surface area contributed by atoms with Crippen LogP contribution in [0.25, 0.3) is 16.9 Å². The highest BCUT2D eigenvalue weighted by Crippen LogP contribution is 2.34. The minimum absolute atomic E-state index is 0.143. The fourth-order valence-corrected chi connectivity index (χ4v) is 4.07. The van der Waals surface area contributed by atoms with Gasteiger partial charge in [0.05, 0.1) is 39.8 Å². The molecule has 4 rings (SSSR count). The van der Waals surface area contributed by atoms with Crippen molar-refractivity contribution < 1.29 is 23.7 Å². The Morgan fingerprint density at radius 2 is 1.54 bits per heavy atom. The van der Waals surface area contributed by atoms with Gasteiger partial charge in [-0.3, -0.25) is 4.79 Å². The van der Waals surface area contributed by atoms with Crippen LogP contribution in [0.5, 0.6) is 23.0 Å². The SMILES string of the molecule is COc1ccc(-c2cc(C(=O)N(C)CCc3ccc(OC)c(OC)c3)n(-c3ccccc3)n2)c(OC)c1. The van der Waals surface area contributed by atoms with Crippen LogP contribution in [0.2, 0.25) is 0 Å². The van der Waals surface area contributed by atoms with Gasteiger partial charge < -0.3 is 23.8 Å². The van der Waals surface area contributed by atoms with E-state index in [0.717, 1.165) is 16.8 Å². The van der Waals surface area contributed by atoms with Crippen molar-refractivity contribution in [3.63, 3.8) is 0 Å². The molecule has 3 aromatic carbocycles. The molecule has 0 saturated heterocycles. The second kappa shape index (κ2) is 11.5. The standard InChI is InChI=1S/C29H31N3O5/c1-31(16-15-20-11-14-26(35-3)28(17-20)37-5)29(33)25-19-24(30-32(25)21-9-7-6-8-10-21)23-13-12-22(34-2)18-27(23)36-4/h6-14,17-19H,15-16H2,1-5H3. The zero-order valence-corrected chi connectivity index (χ0v) is 21.7. The summed E-state index contributed by atoms with van der Waals surface area (Å²) < 4.78 is 23.3. The average molecular weight is 502 g/mol. The second-order valence-electron chi connectivity index (χ2n) is 8.39. The maximum atomic E-state index is 13.7. The molecule has 0 spiro atoms. The van der Waals surface area contributed by atoms with Gasteiger partial charge >= 0.3 is 0 Å². The molecule has 37 heavy (non-hydrogen) atoms. The quantitative estimate of drug-likeness (QED) is 0.308. The number of methoxy groups -OCH3 is 4. The summed E-state index contributed by atoms with van der Waals surface area (Å²) in [6.07, 6.45) is 0.654. The van der Waals surface area contributed by atoms with E-state index in [1.54, 1.807) is 57.2 Å². The smallest absolute Gasteiger partial charge is 0.272 e. The zero-order chi connectivity index (χ0) is 26.4. The second-order valence-corrected chi connectivity index (χ2v) is 8.39. The zero-order valence-electron chi connectivity index (χ0n) is 21.7. The molecule has 8 nitrogen and oxygen atoms in total. The molecular formula is C29H31N3O5. The lowest BCUT2D eigenvalue weighted by atomic mass is 10.1. The average Bonchev–Trinajstić information content (AvgIpc) is 3.40. The Kier molecular flexibility index (Phi) is 7.98. The molecule has 1 aromatic heterocycles. The van der Waals surface area contributed by atoms with Crippen LogP contribution in [0.1, 0.15) is 16.1 Å². The first kappa shape index (κ1) is 25.6. The molecule has 8 heteroatoms. The van der Waals surface area contributed by atoms with E-state index in [1.165, 1.54) is 0 Å². The number of aromatic nitrogens is 2. The minimum atomic E-state index is -0.143. The summed E-state index contributed by atoms with van der Waals surface area (Å²) in [5, 5.41) is 4.80. The van der Waals surface area contributed by atoms with Crippen LogP contribution in [-0.4, -0.2) is 62.6 Å². The van der Waals surface area contributed by atoms with Crippen LogP contribution in [0, 0.1) is 0 Å². The number of para-hydroxylation sites is 1. The molecule has 1 amide bonds. The van der Waals surface area contributed by atoms with Crippen LogP contribution in [0.4, 0.5) is 0 Å². The molecule has 0 aliphatic carbocycles. The number of ether oxygens (including phenoxy) is 4. The summed E-state index contributed by atoms with van der Waals surface area (Å²) in [6, 6.07) is 22.7. The van der Waals surface area contributed by atoms with Gasteiger partial charge in [-0.05, 0) is 54.4 Å². The van der Waals surface area contributed by atoms with E-state index in [9.17, 15) is 4.79 Å². The molecule has 0 aliphatic rings. The van der Waals surface area contributed by atoms with Gasteiger partial charge in [0.25, 0.3) is 5.91 Å². The van der Waals surface area contributed by atoms with Crippen molar-refractivity contribution in [3.05, 3.63) is 84.1 Å². The highest BCUT2D eigenvalue weighted by atomic mass is 16.5. The Hall–Kier alpha value is -4.46. The van der Waals surface area contributed by atoms with E-state index in [1.807, 2.05) is 60.7 Å². The lowest BCUT2D eigenvalue weighted by Crippen LogP contribution is -2.30. The van der Waals surface area contributed by atoms with Gasteiger partial charge in [-0.15, -0.1) is 0 Å². The maximum absolute atomic E-state index is 13.7. The van der Waals surface area contributed by atoms with Gasteiger partial charge in [0.15, 0.2) is 11.5 Å². The number of amides is 1.